The van der Waals surface area contributed by atoms with E-state index < -0.39 is 12.0 Å². The van der Waals surface area contributed by atoms with E-state index in [1.165, 1.54) is 7.05 Å². The molecule has 0 aliphatic carbocycles. The van der Waals surface area contributed by atoms with E-state index in [4.69, 9.17) is 0 Å². The van der Waals surface area contributed by atoms with Crippen molar-refractivity contribution in [2.24, 2.45) is 0 Å². The molecule has 0 unspecified atom stereocenters. The molecule has 0 saturated carbocycles. The first-order valence-electron chi connectivity index (χ1n) is 9.02. The lowest BCUT2D eigenvalue weighted by Gasteiger charge is -2.12. The van der Waals surface area contributed by atoms with E-state index in [9.17, 15) is 22.8 Å². The lowest BCUT2D eigenvalue weighted by atomic mass is 10.1. The van der Waals surface area contributed by atoms with Crippen LogP contribution in [0.4, 0.5) is 18.9 Å². The quantitative estimate of drug-likeness (QED) is 0.661. The zero-order valence-corrected chi connectivity index (χ0v) is 16.5. The smallest absolute Gasteiger partial charge is 0.355 e. The SMILES string of the molecule is CNC(=O)c1ccccc1NC(=O)CCc1c(C)nc2nc(C(F)(F)F)nn2c1C. The molecule has 11 heteroatoms. The summed E-state index contributed by atoms with van der Waals surface area (Å²) >= 11 is 0. The van der Waals surface area contributed by atoms with Gasteiger partial charge in [0.15, 0.2) is 0 Å². The number of nitrogens with zero attached hydrogens (tertiary/aromatic N) is 4. The van der Waals surface area contributed by atoms with Gasteiger partial charge in [-0.1, -0.05) is 12.1 Å². The number of nitrogens with one attached hydrogen (secondary N) is 2. The minimum absolute atomic E-state index is 0.0395. The number of benzene rings is 1. The Hall–Kier alpha value is -3.50. The predicted octanol–water partition coefficient (Wildman–Crippen LogP) is 2.69. The van der Waals surface area contributed by atoms with Gasteiger partial charge in [-0.2, -0.15) is 18.2 Å². The average Bonchev–Trinajstić information content (AvgIpc) is 3.12. The lowest BCUT2D eigenvalue weighted by molar-refractivity contribution is -0.144. The van der Waals surface area contributed by atoms with Gasteiger partial charge in [-0.25, -0.2) is 9.50 Å². The second kappa shape index (κ2) is 8.09. The molecule has 2 amide bonds. The standard InChI is InChI=1S/C19H19F3N6O2/c1-10-12(11(2)28-18(24-10)26-17(27-28)19(20,21)22)8-9-15(29)25-14-7-5-4-6-13(14)16(30)23-3/h4-7H,8-9H2,1-3H3,(H,23,30)(H,25,29). The highest BCUT2D eigenvalue weighted by Crippen LogP contribution is 2.27. The van der Waals surface area contributed by atoms with Crippen molar-refractivity contribution in [3.8, 4) is 0 Å². The maximum atomic E-state index is 12.9. The van der Waals surface area contributed by atoms with Crippen molar-refractivity contribution in [3.05, 3.63) is 52.6 Å². The highest BCUT2D eigenvalue weighted by atomic mass is 19.4. The molecule has 2 N–H and O–H groups in total. The molecule has 8 nitrogen and oxygen atoms in total. The van der Waals surface area contributed by atoms with Crippen LogP contribution in [0, 0.1) is 13.8 Å². The Morgan fingerprint density at radius 1 is 1.13 bits per heavy atom. The Bertz CT molecular complexity index is 1120. The summed E-state index contributed by atoms with van der Waals surface area (Å²) in [6.45, 7) is 3.24. The van der Waals surface area contributed by atoms with Crippen LogP contribution >= 0.6 is 0 Å². The third-order valence-corrected chi connectivity index (χ3v) is 4.58. The summed E-state index contributed by atoms with van der Waals surface area (Å²) in [5.41, 5.74) is 2.20. The number of carbonyl (C=O) groups is 2. The Morgan fingerprint density at radius 2 is 1.83 bits per heavy atom. The second-order valence-corrected chi connectivity index (χ2v) is 6.58. The molecule has 2 heterocycles. The average molecular weight is 420 g/mol. The number of carbonyl (C=O) groups excluding carboxylic acids is 2. The van der Waals surface area contributed by atoms with Gasteiger partial charge in [-0.3, -0.25) is 9.59 Å². The number of halogens is 3. The van der Waals surface area contributed by atoms with Gasteiger partial charge < -0.3 is 10.6 Å². The van der Waals surface area contributed by atoms with E-state index in [1.807, 2.05) is 0 Å². The molecular weight excluding hydrogens is 401 g/mol. The van der Waals surface area contributed by atoms with E-state index >= 15 is 0 Å². The molecule has 0 aliphatic rings. The molecule has 30 heavy (non-hydrogen) atoms. The fourth-order valence-electron chi connectivity index (χ4n) is 3.07. The van der Waals surface area contributed by atoms with Gasteiger partial charge in [0.1, 0.15) is 0 Å². The van der Waals surface area contributed by atoms with Gasteiger partial charge in [0.2, 0.25) is 5.91 Å². The first kappa shape index (κ1) is 21.2. The van der Waals surface area contributed by atoms with Crippen LogP contribution in [0.15, 0.2) is 24.3 Å². The monoisotopic (exact) mass is 420 g/mol. The van der Waals surface area contributed by atoms with Crippen LogP contribution in [0.5, 0.6) is 0 Å². The summed E-state index contributed by atoms with van der Waals surface area (Å²) < 4.78 is 39.7. The molecule has 0 aliphatic heterocycles. The number of rotatable bonds is 5. The molecule has 0 radical (unpaired) electrons. The second-order valence-electron chi connectivity index (χ2n) is 6.58. The molecule has 3 aromatic rings. The van der Waals surface area contributed by atoms with Crippen molar-refractivity contribution >= 4 is 23.3 Å². The summed E-state index contributed by atoms with van der Waals surface area (Å²) in [6.07, 6.45) is -4.40. The van der Waals surface area contributed by atoms with Crippen molar-refractivity contribution in [3.63, 3.8) is 0 Å². The van der Waals surface area contributed by atoms with Crippen LogP contribution in [0.25, 0.3) is 5.78 Å². The van der Waals surface area contributed by atoms with Gasteiger partial charge in [-0.05, 0) is 38.0 Å². The number of fused-ring (bicyclic) bond motifs is 1. The zero-order valence-electron chi connectivity index (χ0n) is 16.5. The van der Waals surface area contributed by atoms with Crippen LogP contribution in [-0.2, 0) is 17.4 Å². The topological polar surface area (TPSA) is 101 Å². The highest BCUT2D eigenvalue weighted by Gasteiger charge is 2.37. The first-order valence-corrected chi connectivity index (χ1v) is 9.02. The first-order chi connectivity index (χ1) is 14.1. The van der Waals surface area contributed by atoms with Crippen LogP contribution in [0.2, 0.25) is 0 Å². The summed E-state index contributed by atoms with van der Waals surface area (Å²) in [5.74, 6) is -2.10. The Morgan fingerprint density at radius 3 is 2.50 bits per heavy atom. The fourth-order valence-corrected chi connectivity index (χ4v) is 3.07. The molecule has 3 rings (SSSR count). The number of anilines is 1. The fraction of sp³-hybridized carbons (Fsp3) is 0.316. The Balaban J connectivity index is 1.79. The van der Waals surface area contributed by atoms with Gasteiger partial charge in [-0.15, -0.1) is 5.10 Å². The Labute approximate surface area is 169 Å². The number of hydrogen-bond acceptors (Lipinski definition) is 5. The number of para-hydroxylation sites is 1. The van der Waals surface area contributed by atoms with Crippen molar-refractivity contribution < 1.29 is 22.8 Å². The minimum atomic E-state index is -4.67. The highest BCUT2D eigenvalue weighted by molar-refractivity contribution is 6.03. The molecular formula is C19H19F3N6O2. The van der Waals surface area contributed by atoms with Gasteiger partial charge in [0.05, 0.1) is 11.3 Å². The molecule has 0 spiro atoms. The molecule has 0 saturated heterocycles. The third-order valence-electron chi connectivity index (χ3n) is 4.58. The van der Waals surface area contributed by atoms with Crippen LogP contribution in [0.1, 0.15) is 39.6 Å². The van der Waals surface area contributed by atoms with E-state index in [1.54, 1.807) is 38.1 Å². The number of aryl methyl sites for hydroxylation is 2. The summed E-state index contributed by atoms with van der Waals surface area (Å²) in [7, 11) is 1.49. The lowest BCUT2D eigenvalue weighted by Crippen LogP contribution is -2.21. The van der Waals surface area contributed by atoms with Crippen LogP contribution in [0.3, 0.4) is 0 Å². The molecule has 0 atom stereocenters. The largest absolute Gasteiger partial charge is 0.453 e. The number of hydrogen-bond donors (Lipinski definition) is 2. The minimum Gasteiger partial charge on any atom is -0.355 e. The summed E-state index contributed by atoms with van der Waals surface area (Å²) in [6, 6.07) is 6.57. The van der Waals surface area contributed by atoms with E-state index in [2.05, 4.69) is 25.7 Å². The number of amides is 2. The molecule has 158 valence electrons. The molecule has 1 aromatic carbocycles. The van der Waals surface area contributed by atoms with E-state index in [0.29, 0.717) is 28.2 Å². The molecule has 0 fully saturated rings. The van der Waals surface area contributed by atoms with Crippen molar-refractivity contribution in [2.75, 3.05) is 12.4 Å². The predicted molar refractivity (Wildman–Crippen MR) is 102 cm³/mol. The summed E-state index contributed by atoms with van der Waals surface area (Å²) in [5, 5.41) is 8.69. The van der Waals surface area contributed by atoms with E-state index in [-0.39, 0.29) is 30.4 Å². The molecule has 2 aromatic heterocycles. The van der Waals surface area contributed by atoms with Crippen molar-refractivity contribution in [1.82, 2.24) is 24.9 Å². The van der Waals surface area contributed by atoms with E-state index in [0.717, 1.165) is 4.52 Å². The molecule has 0 bridgehead atoms. The maximum absolute atomic E-state index is 12.9. The van der Waals surface area contributed by atoms with Crippen LogP contribution in [-0.4, -0.2) is 38.4 Å². The van der Waals surface area contributed by atoms with Crippen molar-refractivity contribution in [1.29, 1.82) is 0 Å². The van der Waals surface area contributed by atoms with Gasteiger partial charge in [0, 0.05) is 24.9 Å². The summed E-state index contributed by atoms with van der Waals surface area (Å²) in [4.78, 5) is 31.9. The maximum Gasteiger partial charge on any atom is 0.453 e. The van der Waals surface area contributed by atoms with Crippen LogP contribution < -0.4 is 10.6 Å². The third kappa shape index (κ3) is 4.24. The zero-order chi connectivity index (χ0) is 22.1. The van der Waals surface area contributed by atoms with Gasteiger partial charge >= 0.3 is 6.18 Å². The Kier molecular flexibility index (Phi) is 5.72. The van der Waals surface area contributed by atoms with Gasteiger partial charge in [0.25, 0.3) is 17.5 Å². The number of alkyl halides is 3. The van der Waals surface area contributed by atoms with Crippen molar-refractivity contribution in [2.45, 2.75) is 32.9 Å². The normalized spacial score (nSPS) is 11.5. The number of aromatic nitrogens is 4.